The lowest BCUT2D eigenvalue weighted by molar-refractivity contribution is -0.386. The molecule has 0 bridgehead atoms. The van der Waals surface area contributed by atoms with E-state index >= 15 is 0 Å². The van der Waals surface area contributed by atoms with Crippen molar-refractivity contribution in [2.45, 2.75) is 18.7 Å². The van der Waals surface area contributed by atoms with Crippen molar-refractivity contribution in [2.24, 2.45) is 0 Å². The maximum atomic E-state index is 12.3. The van der Waals surface area contributed by atoms with Gasteiger partial charge in [0.1, 0.15) is 6.54 Å². The first-order chi connectivity index (χ1) is 9.78. The highest BCUT2D eigenvalue weighted by Crippen LogP contribution is 2.29. The molecule has 21 heavy (non-hydrogen) atoms. The van der Waals surface area contributed by atoms with Crippen LogP contribution in [0.2, 0.25) is 0 Å². The number of nitro groups is 1. The third kappa shape index (κ3) is 3.61. The van der Waals surface area contributed by atoms with Crippen molar-refractivity contribution in [2.75, 3.05) is 13.1 Å². The molecule has 0 saturated carbocycles. The van der Waals surface area contributed by atoms with E-state index in [9.17, 15) is 28.1 Å². The summed E-state index contributed by atoms with van der Waals surface area (Å²) in [6.07, 6.45) is -5.56. The summed E-state index contributed by atoms with van der Waals surface area (Å²) in [7, 11) is 0. The van der Waals surface area contributed by atoms with E-state index in [2.05, 4.69) is 0 Å². The van der Waals surface area contributed by atoms with Gasteiger partial charge in [0.05, 0.1) is 4.92 Å². The molecule has 1 saturated heterocycles. The summed E-state index contributed by atoms with van der Waals surface area (Å²) in [6.45, 7) is -1.44. The zero-order chi connectivity index (χ0) is 15.6. The quantitative estimate of drug-likeness (QED) is 0.631. The van der Waals surface area contributed by atoms with Crippen LogP contribution in [0.4, 0.5) is 18.9 Å². The summed E-state index contributed by atoms with van der Waals surface area (Å²) in [6, 6.07) is 5.41. The van der Waals surface area contributed by atoms with E-state index in [0.29, 0.717) is 4.90 Å². The van der Waals surface area contributed by atoms with Crippen molar-refractivity contribution in [3.8, 4) is 5.75 Å². The van der Waals surface area contributed by atoms with Gasteiger partial charge in [-0.1, -0.05) is 12.1 Å². The normalized spacial score (nSPS) is 18.9. The van der Waals surface area contributed by atoms with Crippen LogP contribution in [0.1, 0.15) is 6.42 Å². The number of alkyl halides is 3. The van der Waals surface area contributed by atoms with Gasteiger partial charge in [-0.15, -0.1) is 0 Å². The van der Waals surface area contributed by atoms with E-state index in [1.165, 1.54) is 24.3 Å². The molecule has 0 unspecified atom stereocenters. The van der Waals surface area contributed by atoms with E-state index in [1.807, 2.05) is 0 Å². The minimum atomic E-state index is -4.48. The zero-order valence-electron chi connectivity index (χ0n) is 10.7. The topological polar surface area (TPSA) is 72.7 Å². The molecular formula is C12H11F3N2O4. The summed E-state index contributed by atoms with van der Waals surface area (Å²) < 4.78 is 42.1. The minimum absolute atomic E-state index is 0.0565. The highest BCUT2D eigenvalue weighted by Gasteiger charge is 2.40. The summed E-state index contributed by atoms with van der Waals surface area (Å²) >= 11 is 0. The van der Waals surface area contributed by atoms with Crippen molar-refractivity contribution < 1.29 is 27.6 Å². The largest absolute Gasteiger partial charge is 0.473 e. The Morgan fingerprint density at radius 3 is 2.67 bits per heavy atom. The maximum Gasteiger partial charge on any atom is 0.406 e. The Bertz CT molecular complexity index is 562. The molecule has 1 atom stereocenters. The molecule has 1 aliphatic rings. The lowest BCUT2D eigenvalue weighted by Crippen LogP contribution is -2.38. The Morgan fingerprint density at radius 2 is 2.05 bits per heavy atom. The summed E-state index contributed by atoms with van der Waals surface area (Å²) in [4.78, 5) is 22.6. The van der Waals surface area contributed by atoms with Gasteiger partial charge in [-0.05, 0) is 6.07 Å². The number of nitrogens with zero attached hydrogens (tertiary/aromatic N) is 2. The summed E-state index contributed by atoms with van der Waals surface area (Å²) in [5, 5.41) is 10.8. The second kappa shape index (κ2) is 5.58. The van der Waals surface area contributed by atoms with Crippen LogP contribution in [0.5, 0.6) is 5.75 Å². The summed E-state index contributed by atoms with van der Waals surface area (Å²) in [5.41, 5.74) is -0.334. The van der Waals surface area contributed by atoms with Crippen LogP contribution in [0, 0.1) is 10.1 Å². The molecule has 6 nitrogen and oxygen atoms in total. The molecule has 9 heteroatoms. The number of ether oxygens (including phenoxy) is 1. The molecule has 1 amide bonds. The number of likely N-dealkylation sites (tertiary alicyclic amines) is 1. The van der Waals surface area contributed by atoms with Crippen LogP contribution < -0.4 is 4.74 Å². The van der Waals surface area contributed by atoms with E-state index in [4.69, 9.17) is 4.74 Å². The minimum Gasteiger partial charge on any atom is -0.473 e. The Morgan fingerprint density at radius 1 is 1.38 bits per heavy atom. The first kappa shape index (κ1) is 15.1. The molecule has 114 valence electrons. The van der Waals surface area contributed by atoms with Gasteiger partial charge in [0.25, 0.3) is 5.91 Å². The highest BCUT2D eigenvalue weighted by atomic mass is 19.4. The molecule has 0 aromatic heterocycles. The third-order valence-electron chi connectivity index (χ3n) is 2.95. The fraction of sp³-hybridized carbons (Fsp3) is 0.417. The molecule has 1 aromatic rings. The number of hydrogen-bond acceptors (Lipinski definition) is 4. The lowest BCUT2D eigenvalue weighted by atomic mass is 10.2. The van der Waals surface area contributed by atoms with Crippen LogP contribution in [-0.4, -0.2) is 41.1 Å². The van der Waals surface area contributed by atoms with Crippen LogP contribution in [0.15, 0.2) is 24.3 Å². The van der Waals surface area contributed by atoms with Crippen molar-refractivity contribution in [1.82, 2.24) is 4.90 Å². The second-order valence-electron chi connectivity index (χ2n) is 4.49. The van der Waals surface area contributed by atoms with Gasteiger partial charge in [0.2, 0.25) is 0 Å². The first-order valence-electron chi connectivity index (χ1n) is 6.03. The smallest absolute Gasteiger partial charge is 0.406 e. The van der Waals surface area contributed by atoms with Gasteiger partial charge in [0.15, 0.2) is 11.9 Å². The molecule has 1 heterocycles. The Kier molecular flexibility index (Phi) is 4.01. The van der Waals surface area contributed by atoms with E-state index in [1.54, 1.807) is 0 Å². The van der Waals surface area contributed by atoms with Crippen LogP contribution in [-0.2, 0) is 4.79 Å². The van der Waals surface area contributed by atoms with Gasteiger partial charge in [-0.25, -0.2) is 0 Å². The molecule has 1 fully saturated rings. The predicted octanol–water partition coefficient (Wildman–Crippen LogP) is 2.14. The number of carbonyl (C=O) groups is 1. The highest BCUT2D eigenvalue weighted by molar-refractivity contribution is 5.83. The standard InChI is InChI=1S/C12H11F3N2O4/c13-12(14,15)7-16-6-5-10(11(16)18)21-9-4-2-1-3-8(9)17(19)20/h1-4,10H,5-7H2/t10-/m0/s1. The zero-order valence-corrected chi connectivity index (χ0v) is 10.7. The van der Waals surface area contributed by atoms with Crippen molar-refractivity contribution in [3.05, 3.63) is 34.4 Å². The number of para-hydroxylation sites is 2. The monoisotopic (exact) mass is 304 g/mol. The molecule has 0 radical (unpaired) electrons. The first-order valence-corrected chi connectivity index (χ1v) is 6.03. The molecule has 1 aromatic carbocycles. The predicted molar refractivity (Wildman–Crippen MR) is 64.8 cm³/mol. The fourth-order valence-corrected chi connectivity index (χ4v) is 2.05. The second-order valence-corrected chi connectivity index (χ2v) is 4.49. The molecule has 0 N–H and O–H groups in total. The van der Waals surface area contributed by atoms with E-state index in [-0.39, 0.29) is 24.4 Å². The Balaban J connectivity index is 2.09. The molecule has 0 aliphatic carbocycles. The summed E-state index contributed by atoms with van der Waals surface area (Å²) in [5.74, 6) is -0.944. The van der Waals surface area contributed by atoms with Crippen molar-refractivity contribution >= 4 is 11.6 Å². The van der Waals surface area contributed by atoms with Crippen LogP contribution in [0.25, 0.3) is 0 Å². The molecular weight excluding hydrogens is 293 g/mol. The van der Waals surface area contributed by atoms with Gasteiger partial charge < -0.3 is 9.64 Å². The average Bonchev–Trinajstić information content (AvgIpc) is 2.70. The van der Waals surface area contributed by atoms with Crippen molar-refractivity contribution in [1.29, 1.82) is 0 Å². The number of halogens is 3. The Labute approximate surface area is 117 Å². The maximum absolute atomic E-state index is 12.3. The molecule has 1 aliphatic heterocycles. The number of hydrogen-bond donors (Lipinski definition) is 0. The number of rotatable bonds is 4. The van der Waals surface area contributed by atoms with Crippen molar-refractivity contribution in [3.63, 3.8) is 0 Å². The lowest BCUT2D eigenvalue weighted by Gasteiger charge is -2.18. The van der Waals surface area contributed by atoms with Gasteiger partial charge in [-0.2, -0.15) is 13.2 Å². The third-order valence-corrected chi connectivity index (χ3v) is 2.95. The number of benzene rings is 1. The fourth-order valence-electron chi connectivity index (χ4n) is 2.05. The number of nitro benzene ring substituents is 1. The SMILES string of the molecule is O=C1[C@@H](Oc2ccccc2[N+](=O)[O-])CCN1CC(F)(F)F. The Hall–Kier alpha value is -2.32. The van der Waals surface area contributed by atoms with Gasteiger partial charge >= 0.3 is 11.9 Å². The van der Waals surface area contributed by atoms with Gasteiger partial charge in [0, 0.05) is 19.0 Å². The number of amides is 1. The average molecular weight is 304 g/mol. The molecule has 0 spiro atoms. The van der Waals surface area contributed by atoms with E-state index in [0.717, 1.165) is 0 Å². The number of carbonyl (C=O) groups excluding carboxylic acids is 1. The van der Waals surface area contributed by atoms with Crippen LogP contribution in [0.3, 0.4) is 0 Å². The van der Waals surface area contributed by atoms with Gasteiger partial charge in [-0.3, -0.25) is 14.9 Å². The molecule has 2 rings (SSSR count). The van der Waals surface area contributed by atoms with Crippen LogP contribution >= 0.6 is 0 Å². The van der Waals surface area contributed by atoms with E-state index < -0.39 is 29.7 Å².